The van der Waals surface area contributed by atoms with Crippen LogP contribution in [0.15, 0.2) is 53.3 Å². The first-order valence-electron chi connectivity index (χ1n) is 8.00. The minimum absolute atomic E-state index is 0.0452. The normalized spacial score (nSPS) is 10.6. The lowest BCUT2D eigenvalue weighted by molar-refractivity contribution is -0.116. The van der Waals surface area contributed by atoms with Crippen LogP contribution in [0.3, 0.4) is 0 Å². The Kier molecular flexibility index (Phi) is 5.60. The van der Waals surface area contributed by atoms with E-state index in [-0.39, 0.29) is 5.91 Å². The molecule has 128 valence electrons. The van der Waals surface area contributed by atoms with Crippen molar-refractivity contribution in [1.82, 2.24) is 9.97 Å². The molecule has 0 saturated carbocycles. The summed E-state index contributed by atoms with van der Waals surface area (Å²) in [5.74, 6) is 1.32. The molecule has 0 atom stereocenters. The monoisotopic (exact) mass is 399 g/mol. The molecule has 0 saturated heterocycles. The Labute approximate surface area is 154 Å². The average molecular weight is 400 g/mol. The Balaban J connectivity index is 1.55. The number of halogens is 1. The van der Waals surface area contributed by atoms with Crippen LogP contribution in [0.25, 0.3) is 10.9 Å². The molecule has 0 radical (unpaired) electrons. The molecule has 25 heavy (non-hydrogen) atoms. The Morgan fingerprint density at radius 2 is 2.04 bits per heavy atom. The first-order valence-corrected chi connectivity index (χ1v) is 8.79. The topological polar surface area (TPSA) is 64.1 Å². The Morgan fingerprint density at radius 1 is 1.24 bits per heavy atom. The summed E-state index contributed by atoms with van der Waals surface area (Å²) in [4.78, 5) is 20.7. The second-order valence-electron chi connectivity index (χ2n) is 5.62. The van der Waals surface area contributed by atoms with E-state index in [9.17, 15) is 4.79 Å². The van der Waals surface area contributed by atoms with Crippen molar-refractivity contribution >= 4 is 38.6 Å². The maximum absolute atomic E-state index is 12.1. The molecule has 2 aromatic heterocycles. The van der Waals surface area contributed by atoms with E-state index < -0.39 is 0 Å². The zero-order chi connectivity index (χ0) is 17.6. The van der Waals surface area contributed by atoms with Gasteiger partial charge in [0.2, 0.25) is 5.91 Å². The quantitative estimate of drug-likeness (QED) is 0.625. The van der Waals surface area contributed by atoms with Gasteiger partial charge in [-0.05, 0) is 58.6 Å². The largest absolute Gasteiger partial charge is 0.497 e. The van der Waals surface area contributed by atoms with Gasteiger partial charge in [0.25, 0.3) is 0 Å². The van der Waals surface area contributed by atoms with Crippen LogP contribution in [0.4, 0.5) is 5.82 Å². The van der Waals surface area contributed by atoms with Crippen LogP contribution in [-0.2, 0) is 11.2 Å². The summed E-state index contributed by atoms with van der Waals surface area (Å²) in [6.07, 6.45) is 3.77. The van der Waals surface area contributed by atoms with Crippen molar-refractivity contribution < 1.29 is 9.53 Å². The molecular weight excluding hydrogens is 382 g/mol. The number of pyridine rings is 2. The maximum atomic E-state index is 12.1. The van der Waals surface area contributed by atoms with Crippen LogP contribution in [0.2, 0.25) is 0 Å². The van der Waals surface area contributed by atoms with Crippen LogP contribution in [0.1, 0.15) is 18.4 Å². The third kappa shape index (κ3) is 4.54. The Morgan fingerprint density at radius 3 is 2.80 bits per heavy atom. The smallest absolute Gasteiger partial charge is 0.225 e. The van der Waals surface area contributed by atoms with Gasteiger partial charge in [0, 0.05) is 18.0 Å². The number of carbonyl (C=O) groups is 1. The number of nitrogens with zero attached hydrogens (tertiary/aromatic N) is 2. The molecule has 1 amide bonds. The van der Waals surface area contributed by atoms with E-state index in [2.05, 4.69) is 31.2 Å². The van der Waals surface area contributed by atoms with Gasteiger partial charge in [-0.15, -0.1) is 0 Å². The van der Waals surface area contributed by atoms with Crippen LogP contribution in [0, 0.1) is 0 Å². The number of benzene rings is 1. The third-order valence-corrected chi connectivity index (χ3v) is 4.39. The van der Waals surface area contributed by atoms with Crippen LogP contribution >= 0.6 is 15.9 Å². The second-order valence-corrected chi connectivity index (χ2v) is 6.37. The highest BCUT2D eigenvalue weighted by molar-refractivity contribution is 9.10. The highest BCUT2D eigenvalue weighted by Gasteiger charge is 2.08. The molecule has 0 unspecified atom stereocenters. The summed E-state index contributed by atoms with van der Waals surface area (Å²) >= 11 is 3.40. The van der Waals surface area contributed by atoms with Crippen molar-refractivity contribution in [3.63, 3.8) is 0 Å². The first kappa shape index (κ1) is 17.4. The molecule has 3 aromatic rings. The van der Waals surface area contributed by atoms with Crippen molar-refractivity contribution in [3.8, 4) is 5.75 Å². The average Bonchev–Trinajstić information content (AvgIpc) is 2.62. The van der Waals surface area contributed by atoms with Gasteiger partial charge in [0.1, 0.15) is 21.7 Å². The number of amides is 1. The van der Waals surface area contributed by atoms with Gasteiger partial charge in [-0.3, -0.25) is 9.78 Å². The number of nitrogens with one attached hydrogen (secondary N) is 1. The molecule has 6 heteroatoms. The minimum atomic E-state index is -0.0452. The predicted molar refractivity (Wildman–Crippen MR) is 102 cm³/mol. The highest BCUT2D eigenvalue weighted by Crippen LogP contribution is 2.23. The standard InChI is InChI=1S/C19H18BrN3O2/c1-25-15-9-7-13(8-10-15)4-2-6-17(24)22-16-12-14-5-3-11-21-18(14)19(20)23-16/h3,5,7-12H,2,4,6H2,1H3,(H,22,23,24). The summed E-state index contributed by atoms with van der Waals surface area (Å²) in [6, 6.07) is 13.5. The van der Waals surface area contributed by atoms with Crippen LogP contribution < -0.4 is 10.1 Å². The fraction of sp³-hybridized carbons (Fsp3) is 0.211. The zero-order valence-corrected chi connectivity index (χ0v) is 15.4. The number of rotatable bonds is 6. The summed E-state index contributed by atoms with van der Waals surface area (Å²) in [7, 11) is 1.65. The van der Waals surface area contributed by atoms with Crippen molar-refractivity contribution in [3.05, 3.63) is 58.8 Å². The molecule has 0 aliphatic carbocycles. The summed E-state index contributed by atoms with van der Waals surface area (Å²) < 4.78 is 5.76. The molecule has 5 nitrogen and oxygen atoms in total. The van der Waals surface area contributed by atoms with Crippen molar-refractivity contribution in [1.29, 1.82) is 0 Å². The molecular formula is C19H18BrN3O2. The van der Waals surface area contributed by atoms with Crippen molar-refractivity contribution in [2.24, 2.45) is 0 Å². The van der Waals surface area contributed by atoms with Crippen molar-refractivity contribution in [2.45, 2.75) is 19.3 Å². The fourth-order valence-corrected chi connectivity index (χ4v) is 3.08. The third-order valence-electron chi connectivity index (χ3n) is 3.84. The number of carbonyl (C=O) groups excluding carboxylic acids is 1. The van der Waals surface area contributed by atoms with E-state index >= 15 is 0 Å². The molecule has 1 aromatic carbocycles. The molecule has 1 N–H and O–H groups in total. The van der Waals surface area contributed by atoms with Gasteiger partial charge in [-0.1, -0.05) is 18.2 Å². The molecule has 0 aliphatic rings. The minimum Gasteiger partial charge on any atom is -0.497 e. The number of hydrogen-bond acceptors (Lipinski definition) is 4. The molecule has 0 aliphatic heterocycles. The molecule has 3 rings (SSSR count). The lowest BCUT2D eigenvalue weighted by atomic mass is 10.1. The van der Waals surface area contributed by atoms with Crippen LogP contribution in [0.5, 0.6) is 5.75 Å². The Hall–Kier alpha value is -2.47. The SMILES string of the molecule is COc1ccc(CCCC(=O)Nc2cc3cccnc3c(Br)n2)cc1. The van der Waals surface area contributed by atoms with E-state index in [4.69, 9.17) is 4.74 Å². The zero-order valence-electron chi connectivity index (χ0n) is 13.8. The van der Waals surface area contributed by atoms with Gasteiger partial charge >= 0.3 is 0 Å². The highest BCUT2D eigenvalue weighted by atomic mass is 79.9. The van der Waals surface area contributed by atoms with Crippen molar-refractivity contribution in [2.75, 3.05) is 12.4 Å². The number of methoxy groups -OCH3 is 1. The fourth-order valence-electron chi connectivity index (χ4n) is 2.56. The predicted octanol–water partition coefficient (Wildman–Crippen LogP) is 4.36. The number of aromatic nitrogens is 2. The number of aryl methyl sites for hydroxylation is 1. The van der Waals surface area contributed by atoms with E-state index in [1.54, 1.807) is 13.3 Å². The van der Waals surface area contributed by atoms with Gasteiger partial charge < -0.3 is 10.1 Å². The van der Waals surface area contributed by atoms with E-state index in [1.165, 1.54) is 5.56 Å². The maximum Gasteiger partial charge on any atom is 0.225 e. The first-order chi connectivity index (χ1) is 12.2. The van der Waals surface area contributed by atoms with Gasteiger partial charge in [0.15, 0.2) is 0 Å². The second kappa shape index (κ2) is 8.07. The molecule has 0 spiro atoms. The molecule has 0 bridgehead atoms. The van der Waals surface area contributed by atoms with E-state index in [0.29, 0.717) is 16.8 Å². The lowest BCUT2D eigenvalue weighted by Crippen LogP contribution is -2.12. The van der Waals surface area contributed by atoms with E-state index in [0.717, 1.165) is 29.5 Å². The van der Waals surface area contributed by atoms with E-state index in [1.807, 2.05) is 42.5 Å². The van der Waals surface area contributed by atoms with Crippen LogP contribution in [-0.4, -0.2) is 23.0 Å². The van der Waals surface area contributed by atoms with Gasteiger partial charge in [-0.2, -0.15) is 0 Å². The summed E-state index contributed by atoms with van der Waals surface area (Å²) in [5, 5.41) is 3.78. The van der Waals surface area contributed by atoms with Gasteiger partial charge in [0.05, 0.1) is 7.11 Å². The molecule has 2 heterocycles. The number of ether oxygens (including phenoxy) is 1. The number of fused-ring (bicyclic) bond motifs is 1. The lowest BCUT2D eigenvalue weighted by Gasteiger charge is -2.07. The number of hydrogen-bond donors (Lipinski definition) is 1. The molecule has 0 fully saturated rings. The Bertz CT molecular complexity index is 881. The van der Waals surface area contributed by atoms with Gasteiger partial charge in [-0.25, -0.2) is 4.98 Å². The summed E-state index contributed by atoms with van der Waals surface area (Å²) in [6.45, 7) is 0. The number of anilines is 1. The summed E-state index contributed by atoms with van der Waals surface area (Å²) in [5.41, 5.74) is 1.96.